The second-order valence-electron chi connectivity index (χ2n) is 3.87. The van der Waals surface area contributed by atoms with Gasteiger partial charge in [0.15, 0.2) is 0 Å². The van der Waals surface area contributed by atoms with Crippen molar-refractivity contribution in [2.45, 2.75) is 0 Å². The van der Waals surface area contributed by atoms with Gasteiger partial charge in [-0.2, -0.15) is 4.98 Å². The average Bonchev–Trinajstić information content (AvgIpc) is 2.92. The van der Waals surface area contributed by atoms with E-state index in [0.717, 1.165) is 0 Å². The van der Waals surface area contributed by atoms with Gasteiger partial charge >= 0.3 is 0 Å². The molecule has 3 rings (SSSR count). The summed E-state index contributed by atoms with van der Waals surface area (Å²) in [6.07, 6.45) is 1.63. The molecular weight excluding hydrogens is 247 g/mol. The lowest BCUT2D eigenvalue weighted by Gasteiger charge is -1.99. The first-order chi connectivity index (χ1) is 9.24. The molecule has 0 atom stereocenters. The van der Waals surface area contributed by atoms with Crippen molar-refractivity contribution in [2.75, 3.05) is 5.73 Å². The zero-order valence-electron chi connectivity index (χ0n) is 9.75. The first-order valence-electron chi connectivity index (χ1n) is 5.54. The van der Waals surface area contributed by atoms with E-state index >= 15 is 0 Å². The molecule has 0 aliphatic rings. The fourth-order valence-corrected chi connectivity index (χ4v) is 1.65. The Bertz CT molecular complexity index is 712. The van der Waals surface area contributed by atoms with E-state index in [2.05, 4.69) is 15.1 Å². The minimum Gasteiger partial charge on any atom is -0.398 e. The molecule has 0 radical (unpaired) electrons. The Morgan fingerprint density at radius 2 is 2.05 bits per heavy atom. The summed E-state index contributed by atoms with van der Waals surface area (Å²) in [5.41, 5.74) is 7.08. The van der Waals surface area contributed by atoms with Crippen molar-refractivity contribution in [3.05, 3.63) is 48.4 Å². The largest absolute Gasteiger partial charge is 0.398 e. The Hall–Kier alpha value is -2.76. The number of aromatic nitrogens is 3. The van der Waals surface area contributed by atoms with Crippen LogP contribution in [-0.4, -0.2) is 15.1 Å². The van der Waals surface area contributed by atoms with Gasteiger partial charge in [-0.25, -0.2) is 4.39 Å². The quantitative estimate of drug-likeness (QED) is 0.713. The number of pyridine rings is 1. The van der Waals surface area contributed by atoms with E-state index in [0.29, 0.717) is 22.8 Å². The Morgan fingerprint density at radius 3 is 2.84 bits per heavy atom. The second kappa shape index (κ2) is 4.49. The summed E-state index contributed by atoms with van der Waals surface area (Å²) in [6, 6.07) is 9.34. The molecule has 0 saturated heterocycles. The monoisotopic (exact) mass is 256 g/mol. The number of nitrogens with two attached hydrogens (primary N) is 1. The van der Waals surface area contributed by atoms with Crippen molar-refractivity contribution in [3.8, 4) is 23.0 Å². The van der Waals surface area contributed by atoms with Crippen LogP contribution in [0.25, 0.3) is 23.0 Å². The standard InChI is InChI=1S/C13H9FN4O/c14-8-4-5-10(15)9(7-8)13-17-12(18-19-13)11-3-1-2-6-16-11/h1-7H,15H2. The van der Waals surface area contributed by atoms with Gasteiger partial charge in [0.25, 0.3) is 5.89 Å². The number of hydrogen-bond acceptors (Lipinski definition) is 5. The molecule has 0 fully saturated rings. The maximum atomic E-state index is 13.2. The molecule has 1 aromatic carbocycles. The lowest BCUT2D eigenvalue weighted by Crippen LogP contribution is -1.91. The van der Waals surface area contributed by atoms with Crippen molar-refractivity contribution >= 4 is 5.69 Å². The molecule has 6 heteroatoms. The molecule has 0 unspecified atom stereocenters. The smallest absolute Gasteiger partial charge is 0.260 e. The fraction of sp³-hybridized carbons (Fsp3) is 0. The van der Waals surface area contributed by atoms with E-state index < -0.39 is 5.82 Å². The summed E-state index contributed by atoms with van der Waals surface area (Å²) in [4.78, 5) is 8.27. The van der Waals surface area contributed by atoms with Crippen molar-refractivity contribution in [1.82, 2.24) is 15.1 Å². The number of rotatable bonds is 2. The van der Waals surface area contributed by atoms with Crippen molar-refractivity contribution < 1.29 is 8.91 Å². The zero-order chi connectivity index (χ0) is 13.2. The van der Waals surface area contributed by atoms with E-state index in [1.54, 1.807) is 18.3 Å². The average molecular weight is 256 g/mol. The van der Waals surface area contributed by atoms with Gasteiger partial charge in [0.1, 0.15) is 11.5 Å². The summed E-state index contributed by atoms with van der Waals surface area (Å²) in [5, 5.41) is 3.81. The third-order valence-corrected chi connectivity index (χ3v) is 2.57. The van der Waals surface area contributed by atoms with Crippen LogP contribution in [0.2, 0.25) is 0 Å². The summed E-state index contributed by atoms with van der Waals surface area (Å²) in [6.45, 7) is 0. The highest BCUT2D eigenvalue weighted by atomic mass is 19.1. The second-order valence-corrected chi connectivity index (χ2v) is 3.87. The first kappa shape index (κ1) is 11.3. The maximum Gasteiger partial charge on any atom is 0.260 e. The van der Waals surface area contributed by atoms with E-state index in [9.17, 15) is 4.39 Å². The predicted octanol–water partition coefficient (Wildman–Crippen LogP) is 2.52. The molecule has 94 valence electrons. The third-order valence-electron chi connectivity index (χ3n) is 2.57. The summed E-state index contributed by atoms with van der Waals surface area (Å²) < 4.78 is 18.3. The van der Waals surface area contributed by atoms with Crippen molar-refractivity contribution in [2.24, 2.45) is 0 Å². The first-order valence-corrected chi connectivity index (χ1v) is 5.54. The van der Waals surface area contributed by atoms with Crippen LogP contribution in [0.4, 0.5) is 10.1 Å². The molecule has 3 aromatic rings. The molecule has 0 amide bonds. The lowest BCUT2D eigenvalue weighted by atomic mass is 10.2. The van der Waals surface area contributed by atoms with Crippen LogP contribution in [-0.2, 0) is 0 Å². The van der Waals surface area contributed by atoms with Crippen LogP contribution in [0.3, 0.4) is 0 Å². The number of nitrogens with zero attached hydrogens (tertiary/aromatic N) is 3. The van der Waals surface area contributed by atoms with Crippen LogP contribution in [0, 0.1) is 5.82 Å². The van der Waals surface area contributed by atoms with Crippen LogP contribution < -0.4 is 5.73 Å². The molecule has 0 spiro atoms. The molecule has 2 aromatic heterocycles. The van der Waals surface area contributed by atoms with Crippen LogP contribution in [0.5, 0.6) is 0 Å². The Balaban J connectivity index is 2.04. The summed E-state index contributed by atoms with van der Waals surface area (Å²) in [5.74, 6) is 0.0821. The molecule has 0 aliphatic carbocycles. The molecule has 2 N–H and O–H groups in total. The summed E-state index contributed by atoms with van der Waals surface area (Å²) in [7, 11) is 0. The van der Waals surface area contributed by atoms with E-state index in [-0.39, 0.29) is 5.89 Å². The number of nitrogen functional groups attached to an aromatic ring is 1. The topological polar surface area (TPSA) is 77.8 Å². The number of anilines is 1. The van der Waals surface area contributed by atoms with Crippen molar-refractivity contribution in [1.29, 1.82) is 0 Å². The van der Waals surface area contributed by atoms with Gasteiger partial charge in [0, 0.05) is 11.9 Å². The highest BCUT2D eigenvalue weighted by Crippen LogP contribution is 2.26. The van der Waals surface area contributed by atoms with Gasteiger partial charge in [-0.1, -0.05) is 11.2 Å². The summed E-state index contributed by atoms with van der Waals surface area (Å²) >= 11 is 0. The minimum atomic E-state index is -0.415. The Morgan fingerprint density at radius 1 is 1.16 bits per heavy atom. The van der Waals surface area contributed by atoms with Gasteiger partial charge in [0.05, 0.1) is 5.56 Å². The fourth-order valence-electron chi connectivity index (χ4n) is 1.65. The van der Waals surface area contributed by atoms with Crippen molar-refractivity contribution in [3.63, 3.8) is 0 Å². The van der Waals surface area contributed by atoms with E-state index in [1.807, 2.05) is 6.07 Å². The predicted molar refractivity (Wildman–Crippen MR) is 67.3 cm³/mol. The highest BCUT2D eigenvalue weighted by Gasteiger charge is 2.14. The molecule has 19 heavy (non-hydrogen) atoms. The highest BCUT2D eigenvalue weighted by molar-refractivity contribution is 5.71. The lowest BCUT2D eigenvalue weighted by molar-refractivity contribution is 0.432. The van der Waals surface area contributed by atoms with Crippen LogP contribution in [0.15, 0.2) is 47.1 Å². The van der Waals surface area contributed by atoms with Crippen LogP contribution in [0.1, 0.15) is 0 Å². The van der Waals surface area contributed by atoms with Gasteiger partial charge in [-0.05, 0) is 30.3 Å². The Labute approximate surface area is 107 Å². The maximum absolute atomic E-state index is 13.2. The molecule has 5 nitrogen and oxygen atoms in total. The normalized spacial score (nSPS) is 10.6. The zero-order valence-corrected chi connectivity index (χ0v) is 9.75. The third kappa shape index (κ3) is 2.15. The van der Waals surface area contributed by atoms with Gasteiger partial charge in [-0.3, -0.25) is 4.98 Å². The number of benzene rings is 1. The Kier molecular flexibility index (Phi) is 2.68. The SMILES string of the molecule is Nc1ccc(F)cc1-c1nc(-c2ccccn2)no1. The molecule has 0 bridgehead atoms. The van der Waals surface area contributed by atoms with E-state index in [1.165, 1.54) is 18.2 Å². The minimum absolute atomic E-state index is 0.164. The number of halogens is 1. The molecule has 0 saturated carbocycles. The molecular formula is C13H9FN4O. The van der Waals surface area contributed by atoms with Gasteiger partial charge in [0.2, 0.25) is 5.82 Å². The van der Waals surface area contributed by atoms with Gasteiger partial charge < -0.3 is 10.3 Å². The van der Waals surface area contributed by atoms with Gasteiger partial charge in [-0.15, -0.1) is 0 Å². The molecule has 2 heterocycles. The molecule has 0 aliphatic heterocycles. The number of hydrogen-bond donors (Lipinski definition) is 1. The van der Waals surface area contributed by atoms with E-state index in [4.69, 9.17) is 10.3 Å². The van der Waals surface area contributed by atoms with Crippen LogP contribution >= 0.6 is 0 Å².